The molecule has 1 saturated heterocycles. The van der Waals surface area contributed by atoms with Crippen molar-refractivity contribution in [2.24, 2.45) is 0 Å². The Morgan fingerprint density at radius 3 is 2.20 bits per heavy atom. The Kier molecular flexibility index (Phi) is 7.47. The van der Waals surface area contributed by atoms with Gasteiger partial charge < -0.3 is 14.8 Å². The molecule has 0 spiro atoms. The van der Waals surface area contributed by atoms with Crippen molar-refractivity contribution in [1.29, 1.82) is 0 Å². The van der Waals surface area contributed by atoms with E-state index in [9.17, 15) is 18.8 Å². The number of likely N-dealkylation sites (tertiary alicyclic amines) is 1. The summed E-state index contributed by atoms with van der Waals surface area (Å²) in [4.78, 5) is 42.8. The summed E-state index contributed by atoms with van der Waals surface area (Å²) in [6, 6.07) is 7.04. The van der Waals surface area contributed by atoms with Gasteiger partial charge in [-0.3, -0.25) is 9.69 Å². The number of aromatic nitrogens is 1. The molecule has 0 saturated carbocycles. The van der Waals surface area contributed by atoms with E-state index >= 15 is 0 Å². The molecular formula is C26H32FN3O5. The van der Waals surface area contributed by atoms with Crippen LogP contribution in [0.3, 0.4) is 0 Å². The first-order valence-corrected chi connectivity index (χ1v) is 11.5. The quantitative estimate of drug-likeness (QED) is 0.599. The molecule has 0 bridgehead atoms. The highest BCUT2D eigenvalue weighted by molar-refractivity contribution is 5.96. The van der Waals surface area contributed by atoms with Crippen molar-refractivity contribution in [3.05, 3.63) is 47.9 Å². The molecule has 188 valence electrons. The Hall–Kier alpha value is -3.49. The normalized spacial score (nSPS) is 16.1. The van der Waals surface area contributed by atoms with E-state index < -0.39 is 41.0 Å². The second-order valence-electron chi connectivity index (χ2n) is 10.5. The third kappa shape index (κ3) is 7.00. The fourth-order valence-corrected chi connectivity index (χ4v) is 3.60. The first-order chi connectivity index (χ1) is 16.2. The average molecular weight is 486 g/mol. The molecule has 1 fully saturated rings. The first kappa shape index (κ1) is 26.1. The van der Waals surface area contributed by atoms with Crippen LogP contribution < -0.4 is 5.32 Å². The second kappa shape index (κ2) is 10.0. The molecule has 1 atom stereocenters. The Morgan fingerprint density at radius 2 is 1.63 bits per heavy atom. The molecule has 1 aromatic carbocycles. The predicted molar refractivity (Wildman–Crippen MR) is 129 cm³/mol. The van der Waals surface area contributed by atoms with Crippen LogP contribution in [0.2, 0.25) is 0 Å². The SMILES string of the molecule is CC(C)(C)OC(=O)c1ccc(-c2cnc(NC(=O)[C@H]3CCCN3C(=O)OC(C)(C)C)c(F)c2)cc1. The number of hydrogen-bond acceptors (Lipinski definition) is 6. The summed E-state index contributed by atoms with van der Waals surface area (Å²) in [6.07, 6.45) is 1.95. The van der Waals surface area contributed by atoms with Crippen LogP contribution >= 0.6 is 0 Å². The number of pyridine rings is 1. The van der Waals surface area contributed by atoms with Gasteiger partial charge in [0, 0.05) is 18.3 Å². The molecule has 1 N–H and O–H groups in total. The number of carbonyl (C=O) groups excluding carboxylic acids is 3. The predicted octanol–water partition coefficient (Wildman–Crippen LogP) is 5.18. The largest absolute Gasteiger partial charge is 0.456 e. The fraction of sp³-hybridized carbons (Fsp3) is 0.462. The minimum atomic E-state index is -0.758. The van der Waals surface area contributed by atoms with Crippen molar-refractivity contribution in [2.45, 2.75) is 71.6 Å². The van der Waals surface area contributed by atoms with Crippen molar-refractivity contribution in [3.8, 4) is 11.1 Å². The number of benzene rings is 1. The summed E-state index contributed by atoms with van der Waals surface area (Å²) in [5.74, 6) is -1.90. The van der Waals surface area contributed by atoms with Crippen LogP contribution in [0.15, 0.2) is 36.5 Å². The number of nitrogens with zero attached hydrogens (tertiary/aromatic N) is 2. The summed E-state index contributed by atoms with van der Waals surface area (Å²) in [5.41, 5.74) is 0.217. The van der Waals surface area contributed by atoms with Gasteiger partial charge in [-0.25, -0.2) is 19.0 Å². The molecule has 0 unspecified atom stereocenters. The molecule has 2 amide bonds. The van der Waals surface area contributed by atoms with Crippen LogP contribution in [-0.4, -0.2) is 51.6 Å². The molecule has 0 radical (unpaired) electrons. The molecule has 8 nitrogen and oxygen atoms in total. The van der Waals surface area contributed by atoms with Crippen molar-refractivity contribution in [1.82, 2.24) is 9.88 Å². The van der Waals surface area contributed by atoms with E-state index in [0.717, 1.165) is 0 Å². The maximum absolute atomic E-state index is 14.8. The summed E-state index contributed by atoms with van der Waals surface area (Å²) in [5, 5.41) is 2.49. The number of halogens is 1. The van der Waals surface area contributed by atoms with E-state index in [1.165, 1.54) is 17.2 Å². The lowest BCUT2D eigenvalue weighted by Crippen LogP contribution is -2.45. The zero-order valence-corrected chi connectivity index (χ0v) is 21.0. The smallest absolute Gasteiger partial charge is 0.410 e. The van der Waals surface area contributed by atoms with Gasteiger partial charge in [0.2, 0.25) is 5.91 Å². The van der Waals surface area contributed by atoms with Gasteiger partial charge in [-0.1, -0.05) is 12.1 Å². The molecule has 9 heteroatoms. The van der Waals surface area contributed by atoms with Crippen molar-refractivity contribution >= 4 is 23.8 Å². The Morgan fingerprint density at radius 1 is 1.00 bits per heavy atom. The van der Waals surface area contributed by atoms with E-state index in [-0.39, 0.29) is 5.82 Å². The summed E-state index contributed by atoms with van der Waals surface area (Å²) < 4.78 is 25.5. The Balaban J connectivity index is 1.69. The van der Waals surface area contributed by atoms with Gasteiger partial charge in [0.25, 0.3) is 0 Å². The summed E-state index contributed by atoms with van der Waals surface area (Å²) in [7, 11) is 0. The fourth-order valence-electron chi connectivity index (χ4n) is 3.60. The molecule has 3 rings (SSSR count). The third-order valence-electron chi connectivity index (χ3n) is 5.12. The van der Waals surface area contributed by atoms with E-state index in [1.54, 1.807) is 65.8 Å². The van der Waals surface area contributed by atoms with Crippen LogP contribution in [-0.2, 0) is 14.3 Å². The van der Waals surface area contributed by atoms with Gasteiger partial charge in [0.05, 0.1) is 5.56 Å². The molecule has 2 heterocycles. The van der Waals surface area contributed by atoms with Crippen LogP contribution in [0.25, 0.3) is 11.1 Å². The lowest BCUT2D eigenvalue weighted by molar-refractivity contribution is -0.120. The molecule has 1 aromatic heterocycles. The monoisotopic (exact) mass is 485 g/mol. The van der Waals surface area contributed by atoms with Crippen molar-refractivity contribution in [2.75, 3.05) is 11.9 Å². The van der Waals surface area contributed by atoms with Gasteiger partial charge in [-0.2, -0.15) is 0 Å². The molecular weight excluding hydrogens is 453 g/mol. The van der Waals surface area contributed by atoms with Gasteiger partial charge in [-0.05, 0) is 78.1 Å². The van der Waals surface area contributed by atoms with E-state index in [0.29, 0.717) is 36.1 Å². The van der Waals surface area contributed by atoms with Crippen molar-refractivity contribution < 1.29 is 28.2 Å². The van der Waals surface area contributed by atoms with Crippen molar-refractivity contribution in [3.63, 3.8) is 0 Å². The van der Waals surface area contributed by atoms with Crippen LogP contribution in [0.1, 0.15) is 64.7 Å². The topological polar surface area (TPSA) is 97.8 Å². The number of anilines is 1. The maximum atomic E-state index is 14.8. The lowest BCUT2D eigenvalue weighted by atomic mass is 10.1. The highest BCUT2D eigenvalue weighted by atomic mass is 19.1. The van der Waals surface area contributed by atoms with E-state index in [4.69, 9.17) is 9.47 Å². The number of hydrogen-bond donors (Lipinski definition) is 1. The number of nitrogens with one attached hydrogen (secondary N) is 1. The van der Waals surface area contributed by atoms with Gasteiger partial charge in [-0.15, -0.1) is 0 Å². The molecule has 35 heavy (non-hydrogen) atoms. The van der Waals surface area contributed by atoms with Gasteiger partial charge in [0.15, 0.2) is 11.6 Å². The number of amides is 2. The molecule has 1 aliphatic rings. The van der Waals surface area contributed by atoms with Crippen LogP contribution in [0.5, 0.6) is 0 Å². The van der Waals surface area contributed by atoms with E-state index in [1.807, 2.05) is 0 Å². The molecule has 2 aromatic rings. The summed E-state index contributed by atoms with van der Waals surface area (Å²) in [6.45, 7) is 11.0. The van der Waals surface area contributed by atoms with Crippen LogP contribution in [0.4, 0.5) is 15.0 Å². The number of esters is 1. The highest BCUT2D eigenvalue weighted by Crippen LogP contribution is 2.25. The van der Waals surface area contributed by atoms with Gasteiger partial charge in [0.1, 0.15) is 17.2 Å². The van der Waals surface area contributed by atoms with E-state index in [2.05, 4.69) is 10.3 Å². The summed E-state index contributed by atoms with van der Waals surface area (Å²) >= 11 is 0. The first-order valence-electron chi connectivity index (χ1n) is 11.5. The Bertz CT molecular complexity index is 1100. The van der Waals surface area contributed by atoms with Crippen LogP contribution in [0, 0.1) is 5.82 Å². The lowest BCUT2D eigenvalue weighted by Gasteiger charge is -2.28. The zero-order valence-electron chi connectivity index (χ0n) is 21.0. The Labute approximate surface area is 204 Å². The number of carbonyl (C=O) groups is 3. The minimum Gasteiger partial charge on any atom is -0.456 e. The number of ether oxygens (including phenoxy) is 2. The zero-order chi connectivity index (χ0) is 26.0. The standard InChI is InChI=1S/C26H32FN3O5/c1-25(2,3)34-23(32)17-11-9-16(10-12-17)18-14-19(27)21(28-15-18)29-22(31)20-8-7-13-30(20)24(33)35-26(4,5)6/h9-12,14-15,20H,7-8,13H2,1-6H3,(H,28,29,31)/t20-/m1/s1. The third-order valence-corrected chi connectivity index (χ3v) is 5.12. The maximum Gasteiger partial charge on any atom is 0.410 e. The van der Waals surface area contributed by atoms with Gasteiger partial charge >= 0.3 is 12.1 Å². The average Bonchev–Trinajstić information content (AvgIpc) is 3.23. The number of rotatable bonds is 4. The molecule has 1 aliphatic heterocycles. The molecule has 0 aliphatic carbocycles. The highest BCUT2D eigenvalue weighted by Gasteiger charge is 2.37. The minimum absolute atomic E-state index is 0.222. The second-order valence-corrected chi connectivity index (χ2v) is 10.5.